The fourth-order valence-electron chi connectivity index (χ4n) is 3.83. The van der Waals surface area contributed by atoms with Gasteiger partial charge in [0.1, 0.15) is 6.61 Å². The van der Waals surface area contributed by atoms with Crippen molar-refractivity contribution >= 4 is 17.9 Å². The molecule has 8 nitrogen and oxygen atoms in total. The van der Waals surface area contributed by atoms with E-state index < -0.39 is 12.4 Å². The average molecular weight is 510 g/mol. The van der Waals surface area contributed by atoms with Crippen LogP contribution in [0, 0.1) is 0 Å². The first kappa shape index (κ1) is 26.0. The number of aliphatic hydroxyl groups excluding tert-OH is 1. The highest BCUT2D eigenvalue weighted by Crippen LogP contribution is 2.39. The van der Waals surface area contributed by atoms with E-state index in [-0.39, 0.29) is 25.4 Å². The number of rotatable bonds is 10. The Kier molecular flexibility index (Phi) is 9.18. The van der Waals surface area contributed by atoms with Crippen molar-refractivity contribution in [2.24, 2.45) is 7.05 Å². The van der Waals surface area contributed by atoms with Gasteiger partial charge in [0.2, 0.25) is 0 Å². The number of hydrogen-bond donors (Lipinski definition) is 2. The van der Waals surface area contributed by atoms with E-state index in [0.717, 1.165) is 33.2 Å². The van der Waals surface area contributed by atoms with Crippen molar-refractivity contribution < 1.29 is 24.1 Å². The quantitative estimate of drug-likeness (QED) is 0.303. The summed E-state index contributed by atoms with van der Waals surface area (Å²) >= 11 is 1.66. The van der Waals surface area contributed by atoms with Gasteiger partial charge >= 0.3 is 6.09 Å². The molecule has 2 aromatic carbocycles. The molecule has 1 aromatic heterocycles. The third-order valence-electron chi connectivity index (χ3n) is 5.81. The summed E-state index contributed by atoms with van der Waals surface area (Å²) in [5.74, 6) is 0.741. The number of carbonyl (C=O) groups excluding carboxylic acids is 1. The maximum Gasteiger partial charge on any atom is 0.407 e. The van der Waals surface area contributed by atoms with Crippen LogP contribution >= 0.6 is 11.8 Å². The van der Waals surface area contributed by atoms with Gasteiger partial charge in [0.25, 0.3) is 0 Å². The van der Waals surface area contributed by atoms with Gasteiger partial charge in [-0.3, -0.25) is 0 Å². The van der Waals surface area contributed by atoms with Crippen LogP contribution in [0.2, 0.25) is 0 Å². The molecule has 0 aliphatic carbocycles. The number of carbonyl (C=O) groups is 1. The Morgan fingerprint density at radius 1 is 1.19 bits per heavy atom. The molecule has 190 valence electrons. The minimum Gasteiger partial charge on any atom is -0.445 e. The maximum atomic E-state index is 11.7. The lowest BCUT2D eigenvalue weighted by atomic mass is 10.0. The average Bonchev–Trinajstić information content (AvgIpc) is 3.34. The van der Waals surface area contributed by atoms with Crippen LogP contribution in [0.4, 0.5) is 4.79 Å². The monoisotopic (exact) mass is 509 g/mol. The Labute approximate surface area is 215 Å². The van der Waals surface area contributed by atoms with Crippen molar-refractivity contribution in [3.63, 3.8) is 0 Å². The van der Waals surface area contributed by atoms with Gasteiger partial charge in [0.05, 0.1) is 18.8 Å². The van der Waals surface area contributed by atoms with Gasteiger partial charge < -0.3 is 29.2 Å². The first-order valence-corrected chi connectivity index (χ1v) is 12.8. The van der Waals surface area contributed by atoms with E-state index in [1.807, 2.05) is 66.3 Å². The van der Waals surface area contributed by atoms with E-state index in [1.54, 1.807) is 18.0 Å². The largest absolute Gasteiger partial charge is 0.445 e. The minimum atomic E-state index is -0.534. The highest BCUT2D eigenvalue weighted by atomic mass is 32.2. The zero-order valence-corrected chi connectivity index (χ0v) is 21.0. The van der Waals surface area contributed by atoms with Crippen molar-refractivity contribution in [3.8, 4) is 0 Å². The molecule has 0 unspecified atom stereocenters. The number of amides is 1. The summed E-state index contributed by atoms with van der Waals surface area (Å²) in [5, 5.41) is 13.0. The van der Waals surface area contributed by atoms with Crippen LogP contribution in [0.25, 0.3) is 0 Å². The summed E-state index contributed by atoms with van der Waals surface area (Å²) in [5.41, 5.74) is 3.74. The second-order valence-corrected chi connectivity index (χ2v) is 9.45. The molecule has 3 atom stereocenters. The number of aliphatic hydroxyl groups is 1. The Morgan fingerprint density at radius 2 is 1.92 bits per heavy atom. The Balaban J connectivity index is 1.45. The van der Waals surface area contributed by atoms with Crippen LogP contribution in [0.15, 0.2) is 78.7 Å². The highest BCUT2D eigenvalue weighted by molar-refractivity contribution is 7.99. The normalized spacial score (nSPS) is 19.6. The molecule has 0 radical (unpaired) electrons. The van der Waals surface area contributed by atoms with E-state index in [1.165, 1.54) is 6.08 Å². The van der Waals surface area contributed by atoms with Crippen molar-refractivity contribution in [2.45, 2.75) is 43.2 Å². The molecular formula is C27H31N3O5S. The van der Waals surface area contributed by atoms with Crippen LogP contribution in [-0.2, 0) is 34.4 Å². The third-order valence-corrected chi connectivity index (χ3v) is 7.00. The lowest BCUT2D eigenvalue weighted by molar-refractivity contribution is -0.245. The number of ether oxygens (including phenoxy) is 3. The van der Waals surface area contributed by atoms with Gasteiger partial charge in [-0.05, 0) is 16.7 Å². The fraction of sp³-hybridized carbons (Fsp3) is 0.333. The lowest BCUT2D eigenvalue weighted by Gasteiger charge is -2.36. The Hall–Kier alpha value is -3.11. The number of aryl methyl sites for hydroxylation is 1. The van der Waals surface area contributed by atoms with E-state index in [0.29, 0.717) is 13.0 Å². The predicted molar refractivity (Wildman–Crippen MR) is 137 cm³/mol. The smallest absolute Gasteiger partial charge is 0.407 e. The number of hydrogen-bond acceptors (Lipinski definition) is 7. The SMILES string of the molecule is C=CCOC(=O)NCc1ccc([C@H]2O[C@@H](CSc3nccn3C)C[C@@H](c3ccc(CO)cc3)O2)cc1. The summed E-state index contributed by atoms with van der Waals surface area (Å²) in [7, 11) is 1.98. The molecule has 4 rings (SSSR count). The first-order chi connectivity index (χ1) is 17.6. The molecule has 1 amide bonds. The van der Waals surface area contributed by atoms with E-state index >= 15 is 0 Å². The van der Waals surface area contributed by atoms with Crippen LogP contribution in [0.3, 0.4) is 0 Å². The van der Waals surface area contributed by atoms with Gasteiger partial charge in [0.15, 0.2) is 11.4 Å². The van der Waals surface area contributed by atoms with Crippen molar-refractivity contribution in [2.75, 3.05) is 12.4 Å². The second-order valence-electron chi connectivity index (χ2n) is 8.46. The Morgan fingerprint density at radius 3 is 2.58 bits per heavy atom. The molecule has 2 heterocycles. The van der Waals surface area contributed by atoms with Gasteiger partial charge in [-0.15, -0.1) is 0 Å². The number of nitrogens with one attached hydrogen (secondary N) is 1. The third kappa shape index (κ3) is 6.98. The summed E-state index contributed by atoms with van der Waals surface area (Å²) in [4.78, 5) is 16.1. The van der Waals surface area contributed by atoms with E-state index in [4.69, 9.17) is 14.2 Å². The van der Waals surface area contributed by atoms with Crippen LogP contribution in [-0.4, -0.2) is 39.2 Å². The first-order valence-electron chi connectivity index (χ1n) is 11.8. The van der Waals surface area contributed by atoms with E-state index in [2.05, 4.69) is 16.9 Å². The molecule has 1 aliphatic heterocycles. The topological polar surface area (TPSA) is 94.8 Å². The standard InChI is InChI=1S/C27H31N3O5S/c1-3-14-33-27(32)29-16-19-4-10-22(11-5-19)25-34-23(18-36-26-28-12-13-30(26)2)15-24(35-25)21-8-6-20(17-31)7-9-21/h3-13,23-25,31H,1,14-18H2,2H3,(H,29,32)/t23-,24+,25+/m1/s1. The van der Waals surface area contributed by atoms with Crippen molar-refractivity contribution in [3.05, 3.63) is 95.8 Å². The molecular weight excluding hydrogens is 478 g/mol. The Bertz CT molecular complexity index is 1130. The van der Waals surface area contributed by atoms with Crippen LogP contribution in [0.1, 0.15) is 41.1 Å². The minimum absolute atomic E-state index is 0.00759. The van der Waals surface area contributed by atoms with Gasteiger partial charge in [-0.2, -0.15) is 0 Å². The number of alkyl carbamates (subject to hydrolysis) is 1. The molecule has 2 N–H and O–H groups in total. The van der Waals surface area contributed by atoms with Crippen LogP contribution in [0.5, 0.6) is 0 Å². The van der Waals surface area contributed by atoms with Crippen molar-refractivity contribution in [1.82, 2.24) is 14.9 Å². The summed E-state index contributed by atoms with van der Waals surface area (Å²) in [6.07, 6.45) is 4.73. The molecule has 1 saturated heterocycles. The molecule has 0 spiro atoms. The van der Waals surface area contributed by atoms with Gasteiger partial charge in [-0.1, -0.05) is 72.9 Å². The van der Waals surface area contributed by atoms with Crippen LogP contribution < -0.4 is 5.32 Å². The van der Waals surface area contributed by atoms with Crippen molar-refractivity contribution in [1.29, 1.82) is 0 Å². The predicted octanol–water partition coefficient (Wildman–Crippen LogP) is 4.66. The molecule has 36 heavy (non-hydrogen) atoms. The fourth-order valence-corrected chi connectivity index (χ4v) is 4.78. The molecule has 0 bridgehead atoms. The molecule has 1 fully saturated rings. The number of aromatic nitrogens is 2. The lowest BCUT2D eigenvalue weighted by Crippen LogP contribution is -2.31. The molecule has 9 heteroatoms. The zero-order chi connectivity index (χ0) is 25.3. The molecule has 3 aromatic rings. The second kappa shape index (κ2) is 12.7. The summed E-state index contributed by atoms with van der Waals surface area (Å²) in [6.45, 7) is 4.06. The summed E-state index contributed by atoms with van der Waals surface area (Å²) in [6, 6.07) is 15.6. The maximum absolute atomic E-state index is 11.7. The number of imidazole rings is 1. The van der Waals surface area contributed by atoms with E-state index in [9.17, 15) is 9.90 Å². The zero-order valence-electron chi connectivity index (χ0n) is 20.2. The number of benzene rings is 2. The summed E-state index contributed by atoms with van der Waals surface area (Å²) < 4.78 is 19.7. The number of nitrogens with zero attached hydrogens (tertiary/aromatic N) is 2. The highest BCUT2D eigenvalue weighted by Gasteiger charge is 2.32. The molecule has 0 saturated carbocycles. The number of thioether (sulfide) groups is 1. The van der Waals surface area contributed by atoms with Gasteiger partial charge in [0, 0.05) is 43.7 Å². The molecule has 1 aliphatic rings. The van der Waals surface area contributed by atoms with Gasteiger partial charge in [-0.25, -0.2) is 9.78 Å².